The molecule has 1 rings (SSSR count). The van der Waals surface area contributed by atoms with Gasteiger partial charge in [0, 0.05) is 6.04 Å². The highest BCUT2D eigenvalue weighted by Gasteiger charge is 2.33. The molecule has 0 aromatic heterocycles. The van der Waals surface area contributed by atoms with E-state index in [9.17, 15) is 5.11 Å². The van der Waals surface area contributed by atoms with E-state index < -0.39 is 5.60 Å². The van der Waals surface area contributed by atoms with Gasteiger partial charge in [-0.2, -0.15) is 0 Å². The Bertz CT molecular complexity index is 185. The highest BCUT2D eigenvalue weighted by molar-refractivity contribution is 4.88. The van der Waals surface area contributed by atoms with Crippen LogP contribution in [0.3, 0.4) is 0 Å². The molecule has 84 valence electrons. The average Bonchev–Trinajstić information content (AvgIpc) is 1.99. The maximum Gasteiger partial charge on any atom is 0.0662 e. The van der Waals surface area contributed by atoms with Gasteiger partial charge in [-0.3, -0.25) is 0 Å². The standard InChI is InChI=1S/C12H25NO/c1-11(2,3)7-8-12(14)6-4-5-10(13)9-12/h10,14H,4-9,13H2,1-3H3. The minimum Gasteiger partial charge on any atom is -0.390 e. The topological polar surface area (TPSA) is 46.2 Å². The minimum absolute atomic E-state index is 0.216. The lowest BCUT2D eigenvalue weighted by atomic mass is 9.76. The quantitative estimate of drug-likeness (QED) is 0.717. The predicted molar refractivity (Wildman–Crippen MR) is 60.1 cm³/mol. The van der Waals surface area contributed by atoms with Gasteiger partial charge in [0.1, 0.15) is 0 Å². The van der Waals surface area contributed by atoms with Crippen LogP contribution >= 0.6 is 0 Å². The number of aliphatic hydroxyl groups is 1. The second-order valence-corrected chi connectivity index (χ2v) is 6.14. The van der Waals surface area contributed by atoms with Crippen molar-refractivity contribution < 1.29 is 5.11 Å². The summed E-state index contributed by atoms with van der Waals surface area (Å²) in [6.45, 7) is 6.66. The molecule has 1 aliphatic carbocycles. The van der Waals surface area contributed by atoms with Crippen LogP contribution in [0.1, 0.15) is 59.3 Å². The van der Waals surface area contributed by atoms with E-state index in [-0.39, 0.29) is 6.04 Å². The van der Waals surface area contributed by atoms with Crippen molar-refractivity contribution in [2.45, 2.75) is 70.9 Å². The number of nitrogens with two attached hydrogens (primary N) is 1. The molecule has 0 heterocycles. The summed E-state index contributed by atoms with van der Waals surface area (Å²) in [5, 5.41) is 10.3. The van der Waals surface area contributed by atoms with Crippen LogP contribution in [0, 0.1) is 5.41 Å². The monoisotopic (exact) mass is 199 g/mol. The molecule has 0 aliphatic heterocycles. The Morgan fingerprint density at radius 1 is 1.43 bits per heavy atom. The van der Waals surface area contributed by atoms with Crippen molar-refractivity contribution in [3.8, 4) is 0 Å². The molecule has 0 aromatic rings. The molecule has 2 unspecified atom stereocenters. The Morgan fingerprint density at radius 3 is 2.57 bits per heavy atom. The molecule has 0 spiro atoms. The zero-order valence-corrected chi connectivity index (χ0v) is 9.84. The van der Waals surface area contributed by atoms with E-state index in [0.717, 1.165) is 38.5 Å². The first-order chi connectivity index (χ1) is 6.31. The van der Waals surface area contributed by atoms with Crippen molar-refractivity contribution in [1.82, 2.24) is 0 Å². The fraction of sp³-hybridized carbons (Fsp3) is 1.00. The molecule has 0 amide bonds. The van der Waals surface area contributed by atoms with Crippen molar-refractivity contribution in [2.24, 2.45) is 11.1 Å². The van der Waals surface area contributed by atoms with E-state index in [1.165, 1.54) is 0 Å². The van der Waals surface area contributed by atoms with E-state index in [2.05, 4.69) is 20.8 Å². The van der Waals surface area contributed by atoms with Gasteiger partial charge in [0.15, 0.2) is 0 Å². The van der Waals surface area contributed by atoms with Crippen molar-refractivity contribution in [1.29, 1.82) is 0 Å². The Hall–Kier alpha value is -0.0800. The molecule has 3 N–H and O–H groups in total. The summed E-state index contributed by atoms with van der Waals surface area (Å²) in [6, 6.07) is 0.216. The van der Waals surface area contributed by atoms with Gasteiger partial charge < -0.3 is 10.8 Å². The molecule has 2 heteroatoms. The summed E-state index contributed by atoms with van der Waals surface area (Å²) in [4.78, 5) is 0. The molecule has 0 saturated heterocycles. The van der Waals surface area contributed by atoms with Gasteiger partial charge in [-0.05, 0) is 43.9 Å². The molecule has 0 aromatic carbocycles. The van der Waals surface area contributed by atoms with Crippen LogP contribution in [0.15, 0.2) is 0 Å². The van der Waals surface area contributed by atoms with Crippen molar-refractivity contribution in [3.05, 3.63) is 0 Å². The largest absolute Gasteiger partial charge is 0.390 e. The van der Waals surface area contributed by atoms with Crippen molar-refractivity contribution in [2.75, 3.05) is 0 Å². The Kier molecular flexibility index (Phi) is 3.59. The van der Waals surface area contributed by atoms with Gasteiger partial charge in [0.2, 0.25) is 0 Å². The van der Waals surface area contributed by atoms with E-state index in [1.54, 1.807) is 0 Å². The maximum atomic E-state index is 10.3. The highest BCUT2D eigenvalue weighted by Crippen LogP contribution is 2.34. The molecule has 0 radical (unpaired) electrons. The number of hydrogen-bond acceptors (Lipinski definition) is 2. The van der Waals surface area contributed by atoms with Gasteiger partial charge in [0.25, 0.3) is 0 Å². The number of rotatable bonds is 2. The fourth-order valence-electron chi connectivity index (χ4n) is 2.22. The summed E-state index contributed by atoms with van der Waals surface area (Å²) in [5.41, 5.74) is 5.74. The zero-order valence-electron chi connectivity index (χ0n) is 9.84. The van der Waals surface area contributed by atoms with E-state index in [4.69, 9.17) is 5.73 Å². The average molecular weight is 199 g/mol. The van der Waals surface area contributed by atoms with Crippen LogP contribution in [0.2, 0.25) is 0 Å². The minimum atomic E-state index is -0.467. The van der Waals surface area contributed by atoms with Crippen LogP contribution in [0.5, 0.6) is 0 Å². The van der Waals surface area contributed by atoms with Gasteiger partial charge in [-0.15, -0.1) is 0 Å². The summed E-state index contributed by atoms with van der Waals surface area (Å²) < 4.78 is 0. The van der Waals surface area contributed by atoms with E-state index in [1.807, 2.05) is 0 Å². The lowest BCUT2D eigenvalue weighted by molar-refractivity contribution is -0.0180. The fourth-order valence-corrected chi connectivity index (χ4v) is 2.22. The first-order valence-electron chi connectivity index (χ1n) is 5.79. The molecular formula is C12H25NO. The Balaban J connectivity index is 2.41. The summed E-state index contributed by atoms with van der Waals surface area (Å²) in [6.07, 6.45) is 5.89. The lowest BCUT2D eigenvalue weighted by Gasteiger charge is -2.37. The van der Waals surface area contributed by atoms with Crippen LogP contribution in [-0.2, 0) is 0 Å². The molecule has 0 bridgehead atoms. The third-order valence-electron chi connectivity index (χ3n) is 3.20. The van der Waals surface area contributed by atoms with Crippen molar-refractivity contribution in [3.63, 3.8) is 0 Å². The maximum absolute atomic E-state index is 10.3. The molecular weight excluding hydrogens is 174 g/mol. The predicted octanol–water partition coefficient (Wildman–Crippen LogP) is 2.45. The normalized spacial score (nSPS) is 34.5. The van der Waals surface area contributed by atoms with Crippen LogP contribution in [0.25, 0.3) is 0 Å². The molecule has 2 nitrogen and oxygen atoms in total. The summed E-state index contributed by atoms with van der Waals surface area (Å²) in [5.74, 6) is 0. The molecule has 1 saturated carbocycles. The zero-order chi connectivity index (χ0) is 10.8. The highest BCUT2D eigenvalue weighted by atomic mass is 16.3. The lowest BCUT2D eigenvalue weighted by Crippen LogP contribution is -2.41. The van der Waals surface area contributed by atoms with Gasteiger partial charge in [-0.1, -0.05) is 20.8 Å². The molecule has 1 aliphatic rings. The van der Waals surface area contributed by atoms with Gasteiger partial charge in [-0.25, -0.2) is 0 Å². The summed E-state index contributed by atoms with van der Waals surface area (Å²) in [7, 11) is 0. The second kappa shape index (κ2) is 4.19. The summed E-state index contributed by atoms with van der Waals surface area (Å²) >= 11 is 0. The first kappa shape index (κ1) is 12.0. The third kappa shape index (κ3) is 3.97. The van der Waals surface area contributed by atoms with E-state index in [0.29, 0.717) is 5.41 Å². The Morgan fingerprint density at radius 2 is 2.07 bits per heavy atom. The second-order valence-electron chi connectivity index (χ2n) is 6.14. The number of hydrogen-bond donors (Lipinski definition) is 2. The van der Waals surface area contributed by atoms with Crippen LogP contribution in [-0.4, -0.2) is 16.7 Å². The van der Waals surface area contributed by atoms with Crippen LogP contribution in [0.4, 0.5) is 0 Å². The molecule has 14 heavy (non-hydrogen) atoms. The molecule has 1 fully saturated rings. The SMILES string of the molecule is CC(C)(C)CCC1(O)CCCC(N)C1. The smallest absolute Gasteiger partial charge is 0.0662 e. The van der Waals surface area contributed by atoms with Gasteiger partial charge in [0.05, 0.1) is 5.60 Å². The Labute approximate surface area is 87.9 Å². The van der Waals surface area contributed by atoms with Crippen molar-refractivity contribution >= 4 is 0 Å². The van der Waals surface area contributed by atoms with Crippen LogP contribution < -0.4 is 5.73 Å². The van der Waals surface area contributed by atoms with Gasteiger partial charge >= 0.3 is 0 Å². The first-order valence-corrected chi connectivity index (χ1v) is 5.79. The van der Waals surface area contributed by atoms with E-state index >= 15 is 0 Å². The third-order valence-corrected chi connectivity index (χ3v) is 3.20. The molecule has 2 atom stereocenters.